The Kier molecular flexibility index (Phi) is 4.74. The molecule has 0 aliphatic carbocycles. The fraction of sp³-hybridized carbons (Fsp3) is 0.818. The number of nitrogens with one attached hydrogen (secondary N) is 1. The lowest BCUT2D eigenvalue weighted by atomic mass is 10.1. The van der Waals surface area contributed by atoms with Crippen molar-refractivity contribution in [2.45, 2.75) is 26.3 Å². The molecule has 4 N–H and O–H groups in total. The Morgan fingerprint density at radius 3 is 2.59 bits per heavy atom. The molecule has 2 unspecified atom stereocenters. The van der Waals surface area contributed by atoms with Crippen molar-refractivity contribution in [1.29, 1.82) is 0 Å². The van der Waals surface area contributed by atoms with Gasteiger partial charge in [0.15, 0.2) is 0 Å². The first-order valence-electron chi connectivity index (χ1n) is 5.94. The number of likely N-dealkylation sites (tertiary alicyclic amines) is 1. The highest BCUT2D eigenvalue weighted by Crippen LogP contribution is 2.15. The number of nitrogens with two attached hydrogens (primary N) is 1. The predicted octanol–water partition coefficient (Wildman–Crippen LogP) is 0.0858. The van der Waals surface area contributed by atoms with Gasteiger partial charge in [0.2, 0.25) is 0 Å². The maximum Gasteiger partial charge on any atom is 0.326 e. The molecule has 1 heterocycles. The fourth-order valence-electron chi connectivity index (χ4n) is 1.95. The zero-order valence-electron chi connectivity index (χ0n) is 10.3. The number of carbonyl (C=O) groups is 2. The van der Waals surface area contributed by atoms with E-state index in [1.165, 1.54) is 0 Å². The summed E-state index contributed by atoms with van der Waals surface area (Å²) in [6.45, 7) is 5.37. The lowest BCUT2D eigenvalue weighted by Crippen LogP contribution is -2.49. The van der Waals surface area contributed by atoms with Crippen LogP contribution in [-0.2, 0) is 4.79 Å². The molecule has 1 aliphatic heterocycles. The fourth-order valence-corrected chi connectivity index (χ4v) is 1.95. The van der Waals surface area contributed by atoms with Crippen molar-refractivity contribution in [3.05, 3.63) is 0 Å². The van der Waals surface area contributed by atoms with E-state index in [0.717, 1.165) is 6.42 Å². The Labute approximate surface area is 101 Å². The van der Waals surface area contributed by atoms with Crippen LogP contribution in [0.3, 0.4) is 0 Å². The smallest absolute Gasteiger partial charge is 0.326 e. The van der Waals surface area contributed by atoms with Crippen LogP contribution in [0.15, 0.2) is 0 Å². The first-order valence-corrected chi connectivity index (χ1v) is 5.94. The van der Waals surface area contributed by atoms with Gasteiger partial charge in [-0.1, -0.05) is 13.8 Å². The number of urea groups is 1. The average molecular weight is 243 g/mol. The van der Waals surface area contributed by atoms with Gasteiger partial charge in [-0.15, -0.1) is 0 Å². The highest BCUT2D eigenvalue weighted by atomic mass is 16.4. The van der Waals surface area contributed by atoms with Gasteiger partial charge in [-0.05, 0) is 24.8 Å². The third-order valence-electron chi connectivity index (χ3n) is 3.12. The second-order valence-electron chi connectivity index (χ2n) is 4.85. The molecular formula is C11H21N3O3. The number of carbonyl (C=O) groups excluding carboxylic acids is 1. The van der Waals surface area contributed by atoms with Crippen LogP contribution < -0.4 is 11.1 Å². The molecule has 0 aromatic carbocycles. The van der Waals surface area contributed by atoms with E-state index >= 15 is 0 Å². The van der Waals surface area contributed by atoms with E-state index < -0.39 is 12.0 Å². The van der Waals surface area contributed by atoms with Crippen molar-refractivity contribution in [1.82, 2.24) is 10.2 Å². The molecule has 98 valence electrons. The number of rotatable bonds is 4. The zero-order chi connectivity index (χ0) is 13.0. The summed E-state index contributed by atoms with van der Waals surface area (Å²) in [4.78, 5) is 24.4. The number of carboxylic acids is 1. The monoisotopic (exact) mass is 243 g/mol. The maximum atomic E-state index is 11.8. The molecule has 0 radical (unpaired) electrons. The van der Waals surface area contributed by atoms with Crippen LogP contribution in [0, 0.1) is 11.8 Å². The molecule has 0 spiro atoms. The lowest BCUT2D eigenvalue weighted by Gasteiger charge is -2.23. The molecule has 6 heteroatoms. The van der Waals surface area contributed by atoms with E-state index in [4.69, 9.17) is 10.8 Å². The molecule has 2 amide bonds. The van der Waals surface area contributed by atoms with Crippen LogP contribution in [0.4, 0.5) is 4.79 Å². The van der Waals surface area contributed by atoms with Crippen LogP contribution in [-0.4, -0.2) is 47.7 Å². The van der Waals surface area contributed by atoms with E-state index in [1.54, 1.807) is 18.7 Å². The van der Waals surface area contributed by atoms with E-state index in [0.29, 0.717) is 25.6 Å². The van der Waals surface area contributed by atoms with Crippen molar-refractivity contribution >= 4 is 12.0 Å². The van der Waals surface area contributed by atoms with Gasteiger partial charge < -0.3 is 21.1 Å². The summed E-state index contributed by atoms with van der Waals surface area (Å²) >= 11 is 0. The van der Waals surface area contributed by atoms with Gasteiger partial charge in [-0.25, -0.2) is 9.59 Å². The highest BCUT2D eigenvalue weighted by Gasteiger charge is 2.29. The SMILES string of the molecule is CC(C)C(NC(=O)N1CCC(CN)C1)C(=O)O. The average Bonchev–Trinajstić information content (AvgIpc) is 2.73. The largest absolute Gasteiger partial charge is 0.480 e. The Bertz CT molecular complexity index is 294. The van der Waals surface area contributed by atoms with E-state index in [-0.39, 0.29) is 11.9 Å². The minimum atomic E-state index is -0.997. The predicted molar refractivity (Wildman–Crippen MR) is 63.5 cm³/mol. The number of amides is 2. The Morgan fingerprint density at radius 2 is 2.18 bits per heavy atom. The van der Waals surface area contributed by atoms with Crippen LogP contribution in [0.2, 0.25) is 0 Å². The Balaban J connectivity index is 2.51. The van der Waals surface area contributed by atoms with E-state index in [9.17, 15) is 9.59 Å². The molecule has 6 nitrogen and oxygen atoms in total. The van der Waals surface area contributed by atoms with Crippen molar-refractivity contribution in [3.8, 4) is 0 Å². The van der Waals surface area contributed by atoms with Gasteiger partial charge in [-0.2, -0.15) is 0 Å². The third kappa shape index (κ3) is 3.59. The van der Waals surface area contributed by atoms with Gasteiger partial charge in [0.25, 0.3) is 0 Å². The standard InChI is InChI=1S/C11H21N3O3/c1-7(2)9(10(15)16)13-11(17)14-4-3-8(5-12)6-14/h7-9H,3-6,12H2,1-2H3,(H,13,17)(H,15,16). The summed E-state index contributed by atoms with van der Waals surface area (Å²) in [6, 6.07) is -1.14. The van der Waals surface area contributed by atoms with Gasteiger partial charge in [-0.3, -0.25) is 0 Å². The molecule has 0 bridgehead atoms. The maximum absolute atomic E-state index is 11.8. The second kappa shape index (κ2) is 5.86. The summed E-state index contributed by atoms with van der Waals surface area (Å²) in [7, 11) is 0. The van der Waals surface area contributed by atoms with Crippen molar-refractivity contribution in [2.75, 3.05) is 19.6 Å². The summed E-state index contributed by atoms with van der Waals surface area (Å²) in [5, 5.41) is 11.5. The molecule has 2 atom stereocenters. The molecule has 1 aliphatic rings. The lowest BCUT2D eigenvalue weighted by molar-refractivity contribution is -0.140. The summed E-state index contributed by atoms with van der Waals surface area (Å²) in [5.41, 5.74) is 5.54. The first kappa shape index (κ1) is 13.8. The minimum Gasteiger partial charge on any atom is -0.480 e. The number of hydrogen-bond acceptors (Lipinski definition) is 3. The topological polar surface area (TPSA) is 95.7 Å². The molecule has 0 saturated carbocycles. The number of hydrogen-bond donors (Lipinski definition) is 3. The number of nitrogens with zero attached hydrogens (tertiary/aromatic N) is 1. The molecule has 17 heavy (non-hydrogen) atoms. The molecule has 1 saturated heterocycles. The molecule has 1 rings (SSSR count). The van der Waals surface area contributed by atoms with Crippen LogP contribution >= 0.6 is 0 Å². The normalized spacial score (nSPS) is 21.6. The number of carboxylic acid groups (broad SMARTS) is 1. The zero-order valence-corrected chi connectivity index (χ0v) is 10.3. The van der Waals surface area contributed by atoms with Crippen LogP contribution in [0.5, 0.6) is 0 Å². The summed E-state index contributed by atoms with van der Waals surface area (Å²) in [6.07, 6.45) is 0.892. The highest BCUT2D eigenvalue weighted by molar-refractivity contribution is 5.82. The van der Waals surface area contributed by atoms with Gasteiger partial charge in [0.05, 0.1) is 0 Å². The van der Waals surface area contributed by atoms with Crippen LogP contribution in [0.1, 0.15) is 20.3 Å². The third-order valence-corrected chi connectivity index (χ3v) is 3.12. The summed E-state index contributed by atoms with van der Waals surface area (Å²) in [5.74, 6) is -0.796. The van der Waals surface area contributed by atoms with Crippen molar-refractivity contribution in [3.63, 3.8) is 0 Å². The van der Waals surface area contributed by atoms with Crippen molar-refractivity contribution < 1.29 is 14.7 Å². The number of aliphatic carboxylic acids is 1. The van der Waals surface area contributed by atoms with Gasteiger partial charge in [0.1, 0.15) is 6.04 Å². The Morgan fingerprint density at radius 1 is 1.53 bits per heavy atom. The van der Waals surface area contributed by atoms with Crippen LogP contribution in [0.25, 0.3) is 0 Å². The second-order valence-corrected chi connectivity index (χ2v) is 4.85. The molecule has 0 aromatic heterocycles. The Hall–Kier alpha value is -1.30. The summed E-state index contributed by atoms with van der Waals surface area (Å²) < 4.78 is 0. The van der Waals surface area contributed by atoms with E-state index in [1.807, 2.05) is 0 Å². The minimum absolute atomic E-state index is 0.135. The van der Waals surface area contributed by atoms with Crippen molar-refractivity contribution in [2.24, 2.45) is 17.6 Å². The van der Waals surface area contributed by atoms with Gasteiger partial charge in [0, 0.05) is 13.1 Å². The first-order chi connectivity index (χ1) is 7.95. The van der Waals surface area contributed by atoms with Gasteiger partial charge >= 0.3 is 12.0 Å². The van der Waals surface area contributed by atoms with E-state index in [2.05, 4.69) is 5.32 Å². The quantitative estimate of drug-likeness (QED) is 0.652. The molecule has 1 fully saturated rings. The molecular weight excluding hydrogens is 222 g/mol. The molecule has 0 aromatic rings.